The zero-order valence-corrected chi connectivity index (χ0v) is 17.5. The van der Waals surface area contributed by atoms with Gasteiger partial charge in [0.2, 0.25) is 5.91 Å². The van der Waals surface area contributed by atoms with Crippen LogP contribution in [-0.2, 0) is 20.9 Å². The van der Waals surface area contributed by atoms with Gasteiger partial charge in [0, 0.05) is 23.1 Å². The Balaban J connectivity index is 1.58. The van der Waals surface area contributed by atoms with Crippen molar-refractivity contribution in [1.29, 1.82) is 0 Å². The molecule has 31 heavy (non-hydrogen) atoms. The Morgan fingerprint density at radius 3 is 2.58 bits per heavy atom. The Labute approximate surface area is 179 Å². The van der Waals surface area contributed by atoms with Crippen LogP contribution in [0.5, 0.6) is 5.75 Å². The van der Waals surface area contributed by atoms with E-state index in [0.29, 0.717) is 16.5 Å². The zero-order chi connectivity index (χ0) is 22.4. The van der Waals surface area contributed by atoms with Gasteiger partial charge in [-0.1, -0.05) is 24.3 Å². The number of aryl methyl sites for hydroxylation is 1. The third-order valence-electron chi connectivity index (χ3n) is 4.61. The number of carbonyl (C=O) groups excluding carboxylic acids is 2. The minimum atomic E-state index is -0.860. The number of hydrogen-bond acceptors (Lipinski definition) is 6. The van der Waals surface area contributed by atoms with E-state index in [0.717, 1.165) is 16.9 Å². The van der Waals surface area contributed by atoms with E-state index in [4.69, 9.17) is 13.9 Å². The topological polar surface area (TPSA) is 94.8 Å². The van der Waals surface area contributed by atoms with E-state index in [9.17, 15) is 14.4 Å². The molecule has 0 spiro atoms. The largest absolute Gasteiger partial charge is 0.497 e. The molecule has 0 radical (unpaired) electrons. The Hall–Kier alpha value is -3.87. The highest BCUT2D eigenvalue weighted by atomic mass is 16.5. The van der Waals surface area contributed by atoms with Crippen LogP contribution in [0.3, 0.4) is 0 Å². The van der Waals surface area contributed by atoms with Gasteiger partial charge < -0.3 is 19.2 Å². The standard InChI is InChI=1S/C24H23NO6/c1-15-4-10-20-18(13-23(27)31-21(20)12-15)14-30-24(28)16(2)25-22(26)11-7-17-5-8-19(29-3)9-6-17/h4-13,16H,14H2,1-3H3,(H,25,26). The molecule has 1 unspecified atom stereocenters. The maximum atomic E-state index is 12.3. The lowest BCUT2D eigenvalue weighted by Crippen LogP contribution is -2.38. The predicted molar refractivity (Wildman–Crippen MR) is 117 cm³/mol. The van der Waals surface area contributed by atoms with E-state index in [2.05, 4.69) is 5.32 Å². The molecule has 7 nitrogen and oxygen atoms in total. The van der Waals surface area contributed by atoms with Crippen LogP contribution in [0.1, 0.15) is 23.6 Å². The van der Waals surface area contributed by atoms with Crippen LogP contribution in [0.25, 0.3) is 17.0 Å². The molecule has 3 aromatic rings. The summed E-state index contributed by atoms with van der Waals surface area (Å²) < 4.78 is 15.6. The van der Waals surface area contributed by atoms with Crippen molar-refractivity contribution in [2.75, 3.05) is 7.11 Å². The molecule has 1 N–H and O–H groups in total. The Morgan fingerprint density at radius 2 is 1.87 bits per heavy atom. The molecular weight excluding hydrogens is 398 g/mol. The first kappa shape index (κ1) is 21.8. The van der Waals surface area contributed by atoms with E-state index in [1.807, 2.05) is 31.2 Å². The summed E-state index contributed by atoms with van der Waals surface area (Å²) in [7, 11) is 1.58. The van der Waals surface area contributed by atoms with E-state index in [1.54, 1.807) is 31.4 Å². The fraction of sp³-hybridized carbons (Fsp3) is 0.208. The van der Waals surface area contributed by atoms with Gasteiger partial charge in [0.05, 0.1) is 7.11 Å². The van der Waals surface area contributed by atoms with Crippen molar-refractivity contribution in [3.8, 4) is 5.75 Å². The van der Waals surface area contributed by atoms with Crippen molar-refractivity contribution < 1.29 is 23.5 Å². The number of hydrogen-bond donors (Lipinski definition) is 1. The molecule has 0 aliphatic rings. The normalized spacial score (nSPS) is 12.0. The minimum Gasteiger partial charge on any atom is -0.497 e. The molecular formula is C24H23NO6. The van der Waals surface area contributed by atoms with Crippen LogP contribution in [0.4, 0.5) is 0 Å². The maximum absolute atomic E-state index is 12.3. The first-order chi connectivity index (χ1) is 14.9. The summed E-state index contributed by atoms with van der Waals surface area (Å²) >= 11 is 0. The Bertz CT molecular complexity index is 1180. The molecule has 1 atom stereocenters. The van der Waals surface area contributed by atoms with Crippen molar-refractivity contribution in [1.82, 2.24) is 5.32 Å². The second kappa shape index (κ2) is 9.75. The summed E-state index contributed by atoms with van der Waals surface area (Å²) in [5.41, 5.74) is 2.22. The summed E-state index contributed by atoms with van der Waals surface area (Å²) in [5, 5.41) is 3.25. The second-order valence-electron chi connectivity index (χ2n) is 7.03. The number of carbonyl (C=O) groups is 2. The van der Waals surface area contributed by atoms with Crippen molar-refractivity contribution in [3.63, 3.8) is 0 Å². The van der Waals surface area contributed by atoms with Gasteiger partial charge in [-0.3, -0.25) is 4.79 Å². The molecule has 0 saturated heterocycles. The molecule has 1 heterocycles. The number of benzene rings is 2. The number of amides is 1. The van der Waals surface area contributed by atoms with Gasteiger partial charge in [-0.25, -0.2) is 9.59 Å². The molecule has 2 aromatic carbocycles. The van der Waals surface area contributed by atoms with E-state index >= 15 is 0 Å². The molecule has 160 valence electrons. The molecule has 1 aromatic heterocycles. The highest BCUT2D eigenvalue weighted by Crippen LogP contribution is 2.19. The second-order valence-corrected chi connectivity index (χ2v) is 7.03. The van der Waals surface area contributed by atoms with Gasteiger partial charge >= 0.3 is 11.6 Å². The lowest BCUT2D eigenvalue weighted by atomic mass is 10.1. The fourth-order valence-electron chi connectivity index (χ4n) is 2.94. The van der Waals surface area contributed by atoms with Gasteiger partial charge in [0.25, 0.3) is 0 Å². The summed E-state index contributed by atoms with van der Waals surface area (Å²) in [6.45, 7) is 3.31. The fourth-order valence-corrected chi connectivity index (χ4v) is 2.94. The molecule has 1 amide bonds. The molecule has 0 aliphatic carbocycles. The van der Waals surface area contributed by atoms with Crippen LogP contribution >= 0.6 is 0 Å². The molecule has 3 rings (SSSR count). The van der Waals surface area contributed by atoms with E-state index in [1.165, 1.54) is 19.1 Å². The zero-order valence-electron chi connectivity index (χ0n) is 17.5. The molecule has 0 saturated carbocycles. The minimum absolute atomic E-state index is 0.105. The summed E-state index contributed by atoms with van der Waals surface area (Å²) in [6.07, 6.45) is 2.97. The van der Waals surface area contributed by atoms with Crippen LogP contribution in [0, 0.1) is 6.92 Å². The maximum Gasteiger partial charge on any atom is 0.336 e. The van der Waals surface area contributed by atoms with Crippen LogP contribution in [0.2, 0.25) is 0 Å². The summed E-state index contributed by atoms with van der Waals surface area (Å²) in [5.74, 6) is -0.321. The first-order valence-electron chi connectivity index (χ1n) is 9.68. The number of methoxy groups -OCH3 is 1. The smallest absolute Gasteiger partial charge is 0.336 e. The predicted octanol–water partition coefficient (Wildman–Crippen LogP) is 3.37. The van der Waals surface area contributed by atoms with Crippen molar-refractivity contribution >= 4 is 28.9 Å². The molecule has 7 heteroatoms. The van der Waals surface area contributed by atoms with Gasteiger partial charge in [0.15, 0.2) is 0 Å². The average molecular weight is 421 g/mol. The lowest BCUT2D eigenvalue weighted by molar-refractivity contribution is -0.148. The monoisotopic (exact) mass is 421 g/mol. The lowest BCUT2D eigenvalue weighted by Gasteiger charge is -2.13. The molecule has 0 aliphatic heterocycles. The molecule has 0 bridgehead atoms. The van der Waals surface area contributed by atoms with Gasteiger partial charge in [-0.2, -0.15) is 0 Å². The number of esters is 1. The number of ether oxygens (including phenoxy) is 2. The highest BCUT2D eigenvalue weighted by molar-refractivity contribution is 5.94. The highest BCUT2D eigenvalue weighted by Gasteiger charge is 2.17. The average Bonchev–Trinajstić information content (AvgIpc) is 2.75. The number of rotatable bonds is 7. The SMILES string of the molecule is COc1ccc(C=CC(=O)NC(C)C(=O)OCc2cc(=O)oc3cc(C)ccc23)cc1. The number of fused-ring (bicyclic) bond motifs is 1. The van der Waals surface area contributed by atoms with Gasteiger partial charge in [-0.15, -0.1) is 0 Å². The Morgan fingerprint density at radius 1 is 1.13 bits per heavy atom. The van der Waals surface area contributed by atoms with E-state index < -0.39 is 23.5 Å². The Kier molecular flexibility index (Phi) is 6.87. The third-order valence-corrected chi connectivity index (χ3v) is 4.61. The molecule has 0 fully saturated rings. The van der Waals surface area contributed by atoms with Gasteiger partial charge in [-0.05, 0) is 49.2 Å². The van der Waals surface area contributed by atoms with Crippen molar-refractivity contribution in [3.05, 3.63) is 81.7 Å². The number of nitrogens with one attached hydrogen (secondary N) is 1. The van der Waals surface area contributed by atoms with Crippen LogP contribution in [-0.4, -0.2) is 25.0 Å². The van der Waals surface area contributed by atoms with Crippen LogP contribution in [0.15, 0.2) is 63.8 Å². The van der Waals surface area contributed by atoms with Crippen molar-refractivity contribution in [2.45, 2.75) is 26.5 Å². The summed E-state index contributed by atoms with van der Waals surface area (Å²) in [4.78, 5) is 36.2. The van der Waals surface area contributed by atoms with Crippen LogP contribution < -0.4 is 15.7 Å². The third kappa shape index (κ3) is 5.82. The van der Waals surface area contributed by atoms with E-state index in [-0.39, 0.29) is 6.61 Å². The summed E-state index contributed by atoms with van der Waals surface area (Å²) in [6, 6.07) is 13.1. The van der Waals surface area contributed by atoms with Gasteiger partial charge in [0.1, 0.15) is 24.0 Å². The first-order valence-corrected chi connectivity index (χ1v) is 9.68. The van der Waals surface area contributed by atoms with Crippen molar-refractivity contribution in [2.24, 2.45) is 0 Å². The quantitative estimate of drug-likeness (QED) is 0.357.